The first-order chi connectivity index (χ1) is 11.2. The van der Waals surface area contributed by atoms with Gasteiger partial charge in [-0.3, -0.25) is 0 Å². The van der Waals surface area contributed by atoms with E-state index >= 15 is 0 Å². The first-order valence-electron chi connectivity index (χ1n) is 7.27. The fourth-order valence-electron chi connectivity index (χ4n) is 2.23. The number of nitriles is 1. The van der Waals surface area contributed by atoms with Gasteiger partial charge >= 0.3 is 0 Å². The largest absolute Gasteiger partial charge is 0.369 e. The van der Waals surface area contributed by atoms with Gasteiger partial charge in [0.15, 0.2) is 0 Å². The molecule has 0 bridgehead atoms. The lowest BCUT2D eigenvalue weighted by molar-refractivity contribution is 0.425. The molecule has 0 saturated heterocycles. The minimum absolute atomic E-state index is 0.541. The van der Waals surface area contributed by atoms with E-state index in [-0.39, 0.29) is 0 Å². The SMILES string of the molecule is CN(C)CCNc1cc(-c2ccc(C#N)cc2)n2ncnc2n1. The van der Waals surface area contributed by atoms with Crippen LogP contribution in [-0.2, 0) is 0 Å². The standard InChI is InChI=1S/C16H17N7/c1-22(2)8-7-18-15-9-14(23-16(21-15)19-11-20-23)13-5-3-12(10-17)4-6-13/h3-6,9,11H,7-8H2,1-2H3,(H,18,19,20,21). The van der Waals surface area contributed by atoms with E-state index in [1.54, 1.807) is 16.6 Å². The zero-order valence-corrected chi connectivity index (χ0v) is 13.1. The maximum absolute atomic E-state index is 8.92. The lowest BCUT2D eigenvalue weighted by Gasteiger charge is -2.12. The minimum atomic E-state index is 0.541. The average Bonchev–Trinajstić information content (AvgIpc) is 3.02. The van der Waals surface area contributed by atoms with E-state index in [1.807, 2.05) is 32.3 Å². The number of aromatic nitrogens is 4. The van der Waals surface area contributed by atoms with E-state index in [1.165, 1.54) is 6.33 Å². The van der Waals surface area contributed by atoms with Crippen LogP contribution in [0.1, 0.15) is 5.56 Å². The quantitative estimate of drug-likeness (QED) is 0.771. The fraction of sp³-hybridized carbons (Fsp3) is 0.250. The molecular weight excluding hydrogens is 290 g/mol. The van der Waals surface area contributed by atoms with Gasteiger partial charge in [0, 0.05) is 24.7 Å². The van der Waals surface area contributed by atoms with Crippen molar-refractivity contribution in [3.8, 4) is 17.3 Å². The van der Waals surface area contributed by atoms with Crippen molar-refractivity contribution in [2.45, 2.75) is 0 Å². The Hall–Kier alpha value is -2.98. The van der Waals surface area contributed by atoms with Crippen LogP contribution in [0.4, 0.5) is 5.82 Å². The molecule has 7 heteroatoms. The van der Waals surface area contributed by atoms with Crippen molar-refractivity contribution in [3.63, 3.8) is 0 Å². The summed E-state index contributed by atoms with van der Waals surface area (Å²) in [6.07, 6.45) is 1.49. The van der Waals surface area contributed by atoms with Crippen molar-refractivity contribution < 1.29 is 0 Å². The molecule has 0 aliphatic rings. The number of anilines is 1. The Balaban J connectivity index is 1.97. The summed E-state index contributed by atoms with van der Waals surface area (Å²) in [5, 5.41) is 16.5. The minimum Gasteiger partial charge on any atom is -0.369 e. The molecule has 0 spiro atoms. The van der Waals surface area contributed by atoms with E-state index in [2.05, 4.69) is 31.4 Å². The Morgan fingerprint density at radius 1 is 1.26 bits per heavy atom. The lowest BCUT2D eigenvalue weighted by Crippen LogP contribution is -2.21. The molecule has 23 heavy (non-hydrogen) atoms. The third-order valence-corrected chi connectivity index (χ3v) is 3.43. The van der Waals surface area contributed by atoms with Gasteiger partial charge in [-0.15, -0.1) is 0 Å². The summed E-state index contributed by atoms with van der Waals surface area (Å²) in [6.45, 7) is 1.70. The summed E-state index contributed by atoms with van der Waals surface area (Å²) in [5.41, 5.74) is 2.46. The summed E-state index contributed by atoms with van der Waals surface area (Å²) in [4.78, 5) is 10.7. The molecule has 3 aromatic rings. The summed E-state index contributed by atoms with van der Waals surface area (Å²) < 4.78 is 1.69. The first kappa shape index (κ1) is 14.9. The molecule has 0 aliphatic carbocycles. The van der Waals surface area contributed by atoms with Crippen molar-refractivity contribution in [1.82, 2.24) is 24.5 Å². The van der Waals surface area contributed by atoms with Crippen molar-refractivity contribution in [3.05, 3.63) is 42.2 Å². The number of nitrogens with zero attached hydrogens (tertiary/aromatic N) is 6. The van der Waals surface area contributed by atoms with Crippen LogP contribution in [0, 0.1) is 11.3 Å². The second-order valence-electron chi connectivity index (χ2n) is 5.42. The fourth-order valence-corrected chi connectivity index (χ4v) is 2.23. The molecule has 7 nitrogen and oxygen atoms in total. The summed E-state index contributed by atoms with van der Waals surface area (Å²) in [6, 6.07) is 11.4. The van der Waals surface area contributed by atoms with Crippen LogP contribution in [0.25, 0.3) is 17.0 Å². The molecule has 0 amide bonds. The van der Waals surface area contributed by atoms with Crippen LogP contribution in [0.3, 0.4) is 0 Å². The molecule has 1 aromatic carbocycles. The third-order valence-electron chi connectivity index (χ3n) is 3.43. The second kappa shape index (κ2) is 6.42. The van der Waals surface area contributed by atoms with Gasteiger partial charge in [0.2, 0.25) is 0 Å². The van der Waals surface area contributed by atoms with E-state index < -0.39 is 0 Å². The van der Waals surface area contributed by atoms with Gasteiger partial charge in [-0.25, -0.2) is 0 Å². The topological polar surface area (TPSA) is 82.1 Å². The van der Waals surface area contributed by atoms with Crippen LogP contribution in [-0.4, -0.2) is 51.7 Å². The predicted molar refractivity (Wildman–Crippen MR) is 88.0 cm³/mol. The number of hydrogen-bond donors (Lipinski definition) is 1. The van der Waals surface area contributed by atoms with E-state index in [0.717, 1.165) is 30.2 Å². The van der Waals surface area contributed by atoms with Gasteiger partial charge in [-0.2, -0.15) is 24.8 Å². The molecule has 0 radical (unpaired) electrons. The highest BCUT2D eigenvalue weighted by Gasteiger charge is 2.09. The number of rotatable bonds is 5. The number of benzene rings is 1. The molecule has 2 aromatic heterocycles. The molecule has 1 N–H and O–H groups in total. The third kappa shape index (κ3) is 3.27. The Morgan fingerprint density at radius 3 is 2.74 bits per heavy atom. The normalized spacial score (nSPS) is 10.9. The zero-order valence-electron chi connectivity index (χ0n) is 13.1. The molecule has 0 fully saturated rings. The average molecular weight is 307 g/mol. The van der Waals surface area contributed by atoms with Crippen LogP contribution in [0.2, 0.25) is 0 Å². The van der Waals surface area contributed by atoms with Gasteiger partial charge in [-0.05, 0) is 26.2 Å². The summed E-state index contributed by atoms with van der Waals surface area (Å²) in [5.74, 6) is 1.30. The smallest absolute Gasteiger partial charge is 0.254 e. The van der Waals surface area contributed by atoms with Crippen LogP contribution >= 0.6 is 0 Å². The molecule has 0 aliphatic heterocycles. The second-order valence-corrected chi connectivity index (χ2v) is 5.42. The Labute approximate surface area is 134 Å². The van der Waals surface area contributed by atoms with Gasteiger partial charge < -0.3 is 10.2 Å². The Bertz CT molecular complexity index is 843. The van der Waals surface area contributed by atoms with Crippen LogP contribution in [0.15, 0.2) is 36.7 Å². The molecule has 2 heterocycles. The number of hydrogen-bond acceptors (Lipinski definition) is 6. The summed E-state index contributed by atoms with van der Waals surface area (Å²) in [7, 11) is 4.05. The Kier molecular flexibility index (Phi) is 4.17. The maximum atomic E-state index is 8.92. The molecule has 0 unspecified atom stereocenters. The van der Waals surface area contributed by atoms with Gasteiger partial charge in [0.05, 0.1) is 17.3 Å². The molecule has 0 atom stereocenters. The monoisotopic (exact) mass is 307 g/mol. The highest BCUT2D eigenvalue weighted by Crippen LogP contribution is 2.22. The van der Waals surface area contributed by atoms with Crippen molar-refractivity contribution in [1.29, 1.82) is 5.26 Å². The van der Waals surface area contributed by atoms with E-state index in [4.69, 9.17) is 5.26 Å². The lowest BCUT2D eigenvalue weighted by atomic mass is 10.1. The van der Waals surface area contributed by atoms with Gasteiger partial charge in [0.1, 0.15) is 12.1 Å². The van der Waals surface area contributed by atoms with Gasteiger partial charge in [-0.1, -0.05) is 12.1 Å². The maximum Gasteiger partial charge on any atom is 0.254 e. The molecule has 116 valence electrons. The van der Waals surface area contributed by atoms with Crippen molar-refractivity contribution >= 4 is 11.6 Å². The predicted octanol–water partition coefficient (Wildman–Crippen LogP) is 1.64. The molecule has 3 rings (SSSR count). The van der Waals surface area contributed by atoms with Crippen LogP contribution < -0.4 is 5.32 Å². The van der Waals surface area contributed by atoms with Crippen molar-refractivity contribution in [2.24, 2.45) is 0 Å². The zero-order chi connectivity index (χ0) is 16.2. The van der Waals surface area contributed by atoms with E-state index in [9.17, 15) is 0 Å². The van der Waals surface area contributed by atoms with Crippen LogP contribution in [0.5, 0.6) is 0 Å². The first-order valence-corrected chi connectivity index (χ1v) is 7.27. The number of fused-ring (bicyclic) bond motifs is 1. The molecule has 0 saturated carbocycles. The van der Waals surface area contributed by atoms with E-state index in [0.29, 0.717) is 11.3 Å². The molecular formula is C16H17N7. The van der Waals surface area contributed by atoms with Crippen molar-refractivity contribution in [2.75, 3.05) is 32.5 Å². The Morgan fingerprint density at radius 2 is 2.04 bits per heavy atom. The number of likely N-dealkylation sites (N-methyl/N-ethyl adjacent to an activating group) is 1. The number of nitrogens with one attached hydrogen (secondary N) is 1. The summed E-state index contributed by atoms with van der Waals surface area (Å²) >= 11 is 0. The van der Waals surface area contributed by atoms with Gasteiger partial charge in [0.25, 0.3) is 5.78 Å². The highest BCUT2D eigenvalue weighted by molar-refractivity contribution is 5.66. The highest BCUT2D eigenvalue weighted by atomic mass is 15.3.